The predicted molar refractivity (Wildman–Crippen MR) is 56.1 cm³/mol. The molecule has 0 unspecified atom stereocenters. The van der Waals surface area contributed by atoms with Crippen LogP contribution in [0.25, 0.3) is 0 Å². The molecule has 0 aliphatic carbocycles. The first-order chi connectivity index (χ1) is 5.83. The number of halogens is 1. The van der Waals surface area contributed by atoms with Crippen LogP contribution in [0.1, 0.15) is 12.0 Å². The predicted octanol–water partition coefficient (Wildman–Crippen LogP) is 1.57. The fourth-order valence-corrected chi connectivity index (χ4v) is 1.05. The van der Waals surface area contributed by atoms with Crippen LogP contribution in [0.4, 0.5) is 0 Å². The van der Waals surface area contributed by atoms with E-state index in [0.717, 1.165) is 19.1 Å². The van der Waals surface area contributed by atoms with Crippen molar-refractivity contribution >= 4 is 18.7 Å². The summed E-state index contributed by atoms with van der Waals surface area (Å²) in [5, 5.41) is 0. The van der Waals surface area contributed by atoms with Crippen LogP contribution >= 0.6 is 12.4 Å². The number of nitrogens with two attached hydrogens (primary N) is 1. The third-order valence-corrected chi connectivity index (χ3v) is 1.78. The molecule has 1 aromatic carbocycles. The van der Waals surface area contributed by atoms with Gasteiger partial charge in [-0.15, -0.1) is 12.4 Å². The topological polar surface area (TPSA) is 43.1 Å². The van der Waals surface area contributed by atoms with Crippen molar-refractivity contribution in [3.05, 3.63) is 35.9 Å². The van der Waals surface area contributed by atoms with E-state index >= 15 is 0 Å². The number of hydrogen-bond donors (Lipinski definition) is 1. The van der Waals surface area contributed by atoms with Gasteiger partial charge in [0.25, 0.3) is 0 Å². The van der Waals surface area contributed by atoms with E-state index in [9.17, 15) is 4.79 Å². The maximum absolute atomic E-state index is 10.2. The summed E-state index contributed by atoms with van der Waals surface area (Å²) in [6, 6.07) is 9.71. The Kier molecular flexibility index (Phi) is 6.20. The Balaban J connectivity index is 0.00000144. The van der Waals surface area contributed by atoms with Crippen molar-refractivity contribution < 1.29 is 4.79 Å². The van der Waals surface area contributed by atoms with Gasteiger partial charge in [0.2, 0.25) is 0 Å². The van der Waals surface area contributed by atoms with Gasteiger partial charge in [-0.2, -0.15) is 0 Å². The first kappa shape index (κ1) is 12.1. The fourth-order valence-electron chi connectivity index (χ4n) is 1.05. The molecule has 0 spiro atoms. The molecule has 2 N–H and O–H groups in total. The van der Waals surface area contributed by atoms with Crippen LogP contribution in [0.5, 0.6) is 0 Å². The summed E-state index contributed by atoms with van der Waals surface area (Å²) in [5.74, 6) is 0. The van der Waals surface area contributed by atoms with Gasteiger partial charge in [-0.25, -0.2) is 0 Å². The summed E-state index contributed by atoms with van der Waals surface area (Å²) in [6.45, 7) is 0. The zero-order valence-electron chi connectivity index (χ0n) is 7.35. The van der Waals surface area contributed by atoms with E-state index < -0.39 is 0 Å². The van der Waals surface area contributed by atoms with Gasteiger partial charge in [-0.3, -0.25) is 0 Å². The second kappa shape index (κ2) is 6.63. The summed E-state index contributed by atoms with van der Waals surface area (Å²) >= 11 is 0. The molecular weight excluding hydrogens is 186 g/mol. The van der Waals surface area contributed by atoms with Gasteiger partial charge < -0.3 is 10.5 Å². The molecule has 2 nitrogen and oxygen atoms in total. The number of rotatable bonds is 4. The summed E-state index contributed by atoms with van der Waals surface area (Å²) in [7, 11) is 0. The molecule has 0 aliphatic heterocycles. The minimum Gasteiger partial charge on any atom is -0.322 e. The van der Waals surface area contributed by atoms with Crippen molar-refractivity contribution in [3.8, 4) is 0 Å². The van der Waals surface area contributed by atoms with Gasteiger partial charge >= 0.3 is 0 Å². The maximum atomic E-state index is 10.2. The molecule has 1 rings (SSSR count). The molecule has 13 heavy (non-hydrogen) atoms. The molecule has 0 aromatic heterocycles. The van der Waals surface area contributed by atoms with Gasteiger partial charge in [0, 0.05) is 0 Å². The van der Waals surface area contributed by atoms with Gasteiger partial charge in [-0.1, -0.05) is 30.3 Å². The highest BCUT2D eigenvalue weighted by Crippen LogP contribution is 2.02. The third kappa shape index (κ3) is 4.65. The van der Waals surface area contributed by atoms with E-state index in [0.29, 0.717) is 0 Å². The lowest BCUT2D eigenvalue weighted by atomic mass is 10.1. The highest BCUT2D eigenvalue weighted by molar-refractivity contribution is 5.85. The summed E-state index contributed by atoms with van der Waals surface area (Å²) in [6.07, 6.45) is 2.40. The standard InChI is InChI=1S/C10H13NO.ClH/c11-10(8-12)7-6-9-4-2-1-3-5-9;/h1-5,8,10H,6-7,11H2;1H/t10-;/m0./s1. The number of carbonyl (C=O) groups excluding carboxylic acids is 1. The first-order valence-electron chi connectivity index (χ1n) is 4.07. The van der Waals surface area contributed by atoms with Crippen LogP contribution in [0, 0.1) is 0 Å². The minimum atomic E-state index is -0.315. The molecule has 72 valence electrons. The maximum Gasteiger partial charge on any atom is 0.136 e. The second-order valence-electron chi connectivity index (χ2n) is 2.82. The quantitative estimate of drug-likeness (QED) is 0.749. The fraction of sp³-hybridized carbons (Fsp3) is 0.300. The zero-order valence-corrected chi connectivity index (χ0v) is 8.17. The van der Waals surface area contributed by atoms with Crippen LogP contribution in [0.15, 0.2) is 30.3 Å². The molecule has 0 amide bonds. The lowest BCUT2D eigenvalue weighted by Gasteiger charge is -2.02. The zero-order chi connectivity index (χ0) is 8.81. The van der Waals surface area contributed by atoms with Gasteiger partial charge in [0.15, 0.2) is 0 Å². The van der Waals surface area contributed by atoms with Crippen molar-refractivity contribution in [2.45, 2.75) is 18.9 Å². The molecule has 0 aliphatic rings. The van der Waals surface area contributed by atoms with Gasteiger partial charge in [-0.05, 0) is 18.4 Å². The van der Waals surface area contributed by atoms with E-state index in [1.54, 1.807) is 0 Å². The van der Waals surface area contributed by atoms with Crippen molar-refractivity contribution in [3.63, 3.8) is 0 Å². The summed E-state index contributed by atoms with van der Waals surface area (Å²) in [5.41, 5.74) is 6.68. The SMILES string of the molecule is Cl.N[C@H](C=O)CCc1ccccc1. The van der Waals surface area contributed by atoms with Crippen molar-refractivity contribution in [1.29, 1.82) is 0 Å². The van der Waals surface area contributed by atoms with E-state index in [4.69, 9.17) is 5.73 Å². The highest BCUT2D eigenvalue weighted by Gasteiger charge is 1.99. The van der Waals surface area contributed by atoms with E-state index in [1.807, 2.05) is 30.3 Å². The van der Waals surface area contributed by atoms with Crippen LogP contribution in [0.2, 0.25) is 0 Å². The Labute approximate surface area is 84.5 Å². The van der Waals surface area contributed by atoms with E-state index in [1.165, 1.54) is 5.56 Å². The van der Waals surface area contributed by atoms with Crippen LogP contribution < -0.4 is 5.73 Å². The molecule has 0 saturated heterocycles. The Bertz CT molecular complexity index is 238. The number of benzene rings is 1. The van der Waals surface area contributed by atoms with Gasteiger partial charge in [0.1, 0.15) is 6.29 Å². The summed E-state index contributed by atoms with van der Waals surface area (Å²) in [4.78, 5) is 10.2. The van der Waals surface area contributed by atoms with E-state index in [2.05, 4.69) is 0 Å². The smallest absolute Gasteiger partial charge is 0.136 e. The number of aryl methyl sites for hydroxylation is 1. The average Bonchev–Trinajstić information content (AvgIpc) is 2.16. The molecule has 3 heteroatoms. The molecule has 0 saturated carbocycles. The molecule has 1 atom stereocenters. The van der Waals surface area contributed by atoms with Crippen molar-refractivity contribution in [2.75, 3.05) is 0 Å². The average molecular weight is 200 g/mol. The summed E-state index contributed by atoms with van der Waals surface area (Å²) < 4.78 is 0. The van der Waals surface area contributed by atoms with Crippen molar-refractivity contribution in [1.82, 2.24) is 0 Å². The lowest BCUT2D eigenvalue weighted by molar-refractivity contribution is -0.109. The molecule has 0 bridgehead atoms. The second-order valence-corrected chi connectivity index (χ2v) is 2.82. The Morgan fingerprint density at radius 2 is 1.92 bits per heavy atom. The largest absolute Gasteiger partial charge is 0.322 e. The number of aldehydes is 1. The van der Waals surface area contributed by atoms with Crippen molar-refractivity contribution in [2.24, 2.45) is 5.73 Å². The highest BCUT2D eigenvalue weighted by atomic mass is 35.5. The number of hydrogen-bond acceptors (Lipinski definition) is 2. The third-order valence-electron chi connectivity index (χ3n) is 1.78. The molecule has 1 aromatic rings. The molecule has 0 fully saturated rings. The first-order valence-corrected chi connectivity index (χ1v) is 4.07. The lowest BCUT2D eigenvalue weighted by Crippen LogP contribution is -2.21. The Hall–Kier alpha value is -0.860. The normalized spacial score (nSPS) is 11.5. The van der Waals surface area contributed by atoms with Gasteiger partial charge in [0.05, 0.1) is 6.04 Å². The van der Waals surface area contributed by atoms with Crippen LogP contribution in [-0.2, 0) is 11.2 Å². The van der Waals surface area contributed by atoms with Crippen LogP contribution in [0.3, 0.4) is 0 Å². The van der Waals surface area contributed by atoms with Crippen LogP contribution in [-0.4, -0.2) is 12.3 Å². The Morgan fingerprint density at radius 1 is 1.31 bits per heavy atom. The molecule has 0 heterocycles. The van der Waals surface area contributed by atoms with E-state index in [-0.39, 0.29) is 18.4 Å². The minimum absolute atomic E-state index is 0. The molecular formula is C10H14ClNO. The molecule has 0 radical (unpaired) electrons. The number of carbonyl (C=O) groups is 1. The monoisotopic (exact) mass is 199 g/mol. The Morgan fingerprint density at radius 3 is 2.46 bits per heavy atom.